The molecule has 1 heterocycles. The molecule has 0 aliphatic rings. The van der Waals surface area contributed by atoms with Gasteiger partial charge in [0.2, 0.25) is 0 Å². The fourth-order valence-electron chi connectivity index (χ4n) is 0.956. The van der Waals surface area contributed by atoms with Gasteiger partial charge in [-0.1, -0.05) is 20.8 Å². The van der Waals surface area contributed by atoms with E-state index in [0.717, 1.165) is 13.0 Å². The van der Waals surface area contributed by atoms with Gasteiger partial charge in [-0.15, -0.1) is 0 Å². The van der Waals surface area contributed by atoms with Crippen molar-refractivity contribution in [2.24, 2.45) is 5.41 Å². The molecule has 0 aromatic carbocycles. The fourth-order valence-corrected chi connectivity index (χ4v) is 1.12. The van der Waals surface area contributed by atoms with Crippen molar-refractivity contribution in [3.63, 3.8) is 0 Å². The standard InChI is InChI=1S/C8H15N3S/c1-4-8(2,3)5-11-6-9-10-7(11)12/h6H,4-5H2,1-3H3,(H,10,12). The summed E-state index contributed by atoms with van der Waals surface area (Å²) in [5.41, 5.74) is 0.294. The van der Waals surface area contributed by atoms with Crippen LogP contribution in [-0.2, 0) is 6.54 Å². The van der Waals surface area contributed by atoms with Gasteiger partial charge in [0.05, 0.1) is 0 Å². The molecule has 0 unspecified atom stereocenters. The third-order valence-corrected chi connectivity index (χ3v) is 2.50. The molecule has 0 spiro atoms. The number of nitrogens with zero attached hydrogens (tertiary/aromatic N) is 2. The summed E-state index contributed by atoms with van der Waals surface area (Å²) in [5.74, 6) is 0. The maximum Gasteiger partial charge on any atom is 0.194 e. The van der Waals surface area contributed by atoms with Crippen LogP contribution < -0.4 is 0 Å². The van der Waals surface area contributed by atoms with Crippen LogP contribution in [0.15, 0.2) is 6.33 Å². The summed E-state index contributed by atoms with van der Waals surface area (Å²) >= 11 is 5.05. The lowest BCUT2D eigenvalue weighted by molar-refractivity contribution is 0.292. The zero-order valence-electron chi connectivity index (χ0n) is 7.79. The molecule has 68 valence electrons. The molecule has 3 nitrogen and oxygen atoms in total. The van der Waals surface area contributed by atoms with Crippen LogP contribution in [0, 0.1) is 10.2 Å². The summed E-state index contributed by atoms with van der Waals surface area (Å²) in [4.78, 5) is 0. The van der Waals surface area contributed by atoms with Crippen molar-refractivity contribution in [1.82, 2.24) is 14.8 Å². The van der Waals surface area contributed by atoms with Crippen molar-refractivity contribution in [2.45, 2.75) is 33.7 Å². The van der Waals surface area contributed by atoms with E-state index in [9.17, 15) is 0 Å². The average molecular weight is 185 g/mol. The topological polar surface area (TPSA) is 33.6 Å². The van der Waals surface area contributed by atoms with E-state index in [4.69, 9.17) is 12.2 Å². The minimum Gasteiger partial charge on any atom is -0.306 e. The van der Waals surface area contributed by atoms with Crippen LogP contribution in [0.2, 0.25) is 0 Å². The Morgan fingerprint density at radius 1 is 1.67 bits per heavy atom. The number of hydrogen-bond donors (Lipinski definition) is 1. The van der Waals surface area contributed by atoms with Crippen molar-refractivity contribution in [3.8, 4) is 0 Å². The van der Waals surface area contributed by atoms with E-state index in [0.29, 0.717) is 10.2 Å². The molecule has 0 bridgehead atoms. The van der Waals surface area contributed by atoms with Gasteiger partial charge in [-0.3, -0.25) is 5.10 Å². The largest absolute Gasteiger partial charge is 0.306 e. The first-order chi connectivity index (χ1) is 5.55. The maximum absolute atomic E-state index is 5.05. The number of aromatic amines is 1. The molecule has 0 saturated carbocycles. The first-order valence-electron chi connectivity index (χ1n) is 4.15. The molecule has 1 rings (SSSR count). The monoisotopic (exact) mass is 185 g/mol. The van der Waals surface area contributed by atoms with Gasteiger partial charge in [-0.05, 0) is 24.1 Å². The Balaban J connectivity index is 2.77. The highest BCUT2D eigenvalue weighted by molar-refractivity contribution is 7.71. The Morgan fingerprint density at radius 2 is 2.33 bits per heavy atom. The number of H-pyrrole nitrogens is 1. The zero-order chi connectivity index (χ0) is 9.19. The third-order valence-electron chi connectivity index (χ3n) is 2.17. The molecule has 0 atom stereocenters. The van der Waals surface area contributed by atoms with Gasteiger partial charge in [0.25, 0.3) is 0 Å². The summed E-state index contributed by atoms with van der Waals surface area (Å²) < 4.78 is 2.68. The molecule has 0 saturated heterocycles. The lowest BCUT2D eigenvalue weighted by Crippen LogP contribution is -2.18. The van der Waals surface area contributed by atoms with Gasteiger partial charge in [-0.2, -0.15) is 5.10 Å². The summed E-state index contributed by atoms with van der Waals surface area (Å²) in [6, 6.07) is 0. The molecule has 0 amide bonds. The first kappa shape index (κ1) is 9.45. The molecule has 0 aliphatic carbocycles. The third kappa shape index (κ3) is 2.17. The minimum absolute atomic E-state index is 0.294. The maximum atomic E-state index is 5.05. The highest BCUT2D eigenvalue weighted by atomic mass is 32.1. The quantitative estimate of drug-likeness (QED) is 0.733. The molecular weight excluding hydrogens is 170 g/mol. The van der Waals surface area contributed by atoms with Gasteiger partial charge in [-0.25, -0.2) is 0 Å². The van der Waals surface area contributed by atoms with Crippen LogP contribution in [0.1, 0.15) is 27.2 Å². The lowest BCUT2D eigenvalue weighted by Gasteiger charge is -2.22. The van der Waals surface area contributed by atoms with Gasteiger partial charge < -0.3 is 4.57 Å². The van der Waals surface area contributed by atoms with E-state index in [1.807, 2.05) is 4.57 Å². The van der Waals surface area contributed by atoms with Crippen LogP contribution in [0.3, 0.4) is 0 Å². The predicted molar refractivity (Wildman–Crippen MR) is 51.5 cm³/mol. The molecule has 0 aliphatic heterocycles. The zero-order valence-corrected chi connectivity index (χ0v) is 8.61. The van der Waals surface area contributed by atoms with Crippen molar-refractivity contribution < 1.29 is 0 Å². The SMILES string of the molecule is CCC(C)(C)Cn1cn[nH]c1=S. The number of rotatable bonds is 3. The molecule has 1 aromatic rings. The van der Waals surface area contributed by atoms with Gasteiger partial charge in [0.1, 0.15) is 6.33 Å². The van der Waals surface area contributed by atoms with Crippen molar-refractivity contribution in [2.75, 3.05) is 0 Å². The smallest absolute Gasteiger partial charge is 0.194 e. The second-order valence-corrected chi connectivity index (χ2v) is 4.19. The number of hydrogen-bond acceptors (Lipinski definition) is 2. The Labute approximate surface area is 77.8 Å². The highest BCUT2D eigenvalue weighted by Gasteiger charge is 2.15. The van der Waals surface area contributed by atoms with E-state index < -0.39 is 0 Å². The van der Waals surface area contributed by atoms with Crippen molar-refractivity contribution in [1.29, 1.82) is 0 Å². The summed E-state index contributed by atoms with van der Waals surface area (Å²) in [6.07, 6.45) is 2.89. The van der Waals surface area contributed by atoms with Gasteiger partial charge >= 0.3 is 0 Å². The number of aromatic nitrogens is 3. The van der Waals surface area contributed by atoms with E-state index in [-0.39, 0.29) is 0 Å². The van der Waals surface area contributed by atoms with Crippen LogP contribution in [0.4, 0.5) is 0 Å². The Bertz CT molecular complexity index is 297. The van der Waals surface area contributed by atoms with Crippen molar-refractivity contribution in [3.05, 3.63) is 11.1 Å². The van der Waals surface area contributed by atoms with Crippen LogP contribution in [0.5, 0.6) is 0 Å². The fraction of sp³-hybridized carbons (Fsp3) is 0.750. The predicted octanol–water partition coefficient (Wildman–Crippen LogP) is 2.38. The lowest BCUT2D eigenvalue weighted by atomic mass is 9.90. The number of nitrogens with one attached hydrogen (secondary N) is 1. The van der Waals surface area contributed by atoms with E-state index in [1.165, 1.54) is 0 Å². The average Bonchev–Trinajstić information content (AvgIpc) is 2.36. The van der Waals surface area contributed by atoms with Crippen LogP contribution >= 0.6 is 12.2 Å². The van der Waals surface area contributed by atoms with Gasteiger partial charge in [0.15, 0.2) is 4.77 Å². The molecule has 1 N–H and O–H groups in total. The van der Waals surface area contributed by atoms with E-state index in [1.54, 1.807) is 6.33 Å². The molecule has 1 aromatic heterocycles. The second-order valence-electron chi connectivity index (χ2n) is 3.81. The van der Waals surface area contributed by atoms with E-state index >= 15 is 0 Å². The molecule has 0 fully saturated rings. The van der Waals surface area contributed by atoms with Crippen molar-refractivity contribution >= 4 is 12.2 Å². The second kappa shape index (κ2) is 3.39. The molecule has 0 radical (unpaired) electrons. The van der Waals surface area contributed by atoms with Gasteiger partial charge in [0, 0.05) is 6.54 Å². The van der Waals surface area contributed by atoms with Crippen LogP contribution in [0.25, 0.3) is 0 Å². The molecule has 12 heavy (non-hydrogen) atoms. The van der Waals surface area contributed by atoms with E-state index in [2.05, 4.69) is 31.0 Å². The summed E-state index contributed by atoms with van der Waals surface area (Å²) in [6.45, 7) is 7.56. The minimum atomic E-state index is 0.294. The Morgan fingerprint density at radius 3 is 2.75 bits per heavy atom. The Hall–Kier alpha value is -0.640. The molecular formula is C8H15N3S. The summed E-state index contributed by atoms with van der Waals surface area (Å²) in [5, 5.41) is 6.62. The summed E-state index contributed by atoms with van der Waals surface area (Å²) in [7, 11) is 0. The first-order valence-corrected chi connectivity index (χ1v) is 4.56. The Kier molecular flexibility index (Phi) is 2.67. The van der Waals surface area contributed by atoms with Crippen LogP contribution in [-0.4, -0.2) is 14.8 Å². The normalized spacial score (nSPS) is 11.9. The highest BCUT2D eigenvalue weighted by Crippen LogP contribution is 2.21. The molecule has 4 heteroatoms.